The van der Waals surface area contributed by atoms with E-state index in [1.807, 2.05) is 48.5 Å². The largest absolute Gasteiger partial charge is 0.497 e. The minimum atomic E-state index is -0.649. The van der Waals surface area contributed by atoms with Gasteiger partial charge in [0, 0.05) is 24.3 Å². The van der Waals surface area contributed by atoms with Gasteiger partial charge in [-0.15, -0.1) is 0 Å². The molecule has 2 unspecified atom stereocenters. The van der Waals surface area contributed by atoms with Crippen LogP contribution in [0.4, 0.5) is 0 Å². The predicted octanol–water partition coefficient (Wildman–Crippen LogP) is 3.93. The molecule has 2 aromatic carbocycles. The Hall–Kier alpha value is -2.60. The Morgan fingerprint density at radius 3 is 2.23 bits per heavy atom. The molecule has 30 heavy (non-hydrogen) atoms. The topological polar surface area (TPSA) is 67.4 Å². The smallest absolute Gasteiger partial charge is 0.242 e. The summed E-state index contributed by atoms with van der Waals surface area (Å²) < 4.78 is 5.18. The molecule has 2 rings (SSSR count). The Morgan fingerprint density at radius 1 is 1.00 bits per heavy atom. The van der Waals surface area contributed by atoms with Crippen LogP contribution in [0, 0.1) is 11.8 Å². The summed E-state index contributed by atoms with van der Waals surface area (Å²) in [5.41, 5.74) is 1.93. The second kappa shape index (κ2) is 11.6. The minimum absolute atomic E-state index is 0.121. The second-order valence-electron chi connectivity index (χ2n) is 7.87. The maximum absolute atomic E-state index is 13.2. The second-order valence-corrected chi connectivity index (χ2v) is 8.31. The Morgan fingerprint density at radius 2 is 1.67 bits per heavy atom. The fraction of sp³-hybridized carbons (Fsp3) is 0.417. The number of amides is 2. The molecule has 6 heteroatoms. The van der Waals surface area contributed by atoms with Crippen LogP contribution >= 0.6 is 12.6 Å². The van der Waals surface area contributed by atoms with E-state index in [4.69, 9.17) is 17.4 Å². The lowest BCUT2D eigenvalue weighted by atomic mass is 9.89. The van der Waals surface area contributed by atoms with Gasteiger partial charge in [0.2, 0.25) is 11.8 Å². The lowest BCUT2D eigenvalue weighted by Gasteiger charge is -2.23. The average molecular weight is 428 g/mol. The SMILES string of the molecule is CNC(=O)C(Cc1ccc(OC)cc1)NC(=O)C(Cc1ccccc1[S])CC(C)C. The van der Waals surface area contributed by atoms with E-state index in [-0.39, 0.29) is 17.7 Å². The van der Waals surface area contributed by atoms with Crippen LogP contribution in [-0.2, 0) is 22.4 Å². The van der Waals surface area contributed by atoms with Gasteiger partial charge in [0.25, 0.3) is 0 Å². The predicted molar refractivity (Wildman–Crippen MR) is 122 cm³/mol. The summed E-state index contributed by atoms with van der Waals surface area (Å²) in [6.07, 6.45) is 1.69. The van der Waals surface area contributed by atoms with Gasteiger partial charge in [0.15, 0.2) is 0 Å². The van der Waals surface area contributed by atoms with E-state index in [0.717, 1.165) is 28.2 Å². The van der Waals surface area contributed by atoms with Crippen molar-refractivity contribution in [2.45, 2.75) is 44.0 Å². The highest BCUT2D eigenvalue weighted by Crippen LogP contribution is 2.22. The molecule has 0 spiro atoms. The third-order valence-corrected chi connectivity index (χ3v) is 5.44. The van der Waals surface area contributed by atoms with Crippen molar-refractivity contribution in [3.63, 3.8) is 0 Å². The van der Waals surface area contributed by atoms with Crippen molar-refractivity contribution < 1.29 is 14.3 Å². The van der Waals surface area contributed by atoms with Gasteiger partial charge in [-0.05, 0) is 48.1 Å². The third-order valence-electron chi connectivity index (χ3n) is 5.04. The number of benzene rings is 2. The van der Waals surface area contributed by atoms with Crippen LogP contribution in [0.5, 0.6) is 5.75 Å². The number of ether oxygens (including phenoxy) is 1. The van der Waals surface area contributed by atoms with Crippen LogP contribution in [0.3, 0.4) is 0 Å². The maximum atomic E-state index is 13.2. The molecule has 0 heterocycles. The van der Waals surface area contributed by atoms with Gasteiger partial charge in [0.1, 0.15) is 11.8 Å². The molecule has 0 fully saturated rings. The van der Waals surface area contributed by atoms with Crippen LogP contribution in [0.25, 0.3) is 0 Å². The first kappa shape index (κ1) is 23.7. The maximum Gasteiger partial charge on any atom is 0.242 e. The normalized spacial score (nSPS) is 12.8. The summed E-state index contributed by atoms with van der Waals surface area (Å²) in [4.78, 5) is 26.4. The van der Waals surface area contributed by atoms with Crippen molar-refractivity contribution >= 4 is 24.4 Å². The quantitative estimate of drug-likeness (QED) is 0.604. The molecule has 0 aromatic heterocycles. The van der Waals surface area contributed by atoms with Crippen molar-refractivity contribution in [2.24, 2.45) is 11.8 Å². The molecule has 0 saturated carbocycles. The summed E-state index contributed by atoms with van der Waals surface area (Å²) in [7, 11) is 3.19. The summed E-state index contributed by atoms with van der Waals surface area (Å²) in [6.45, 7) is 4.18. The molecule has 2 N–H and O–H groups in total. The number of hydrogen-bond acceptors (Lipinski definition) is 3. The zero-order valence-corrected chi connectivity index (χ0v) is 18.9. The zero-order valence-electron chi connectivity index (χ0n) is 18.1. The van der Waals surface area contributed by atoms with E-state index in [9.17, 15) is 9.59 Å². The van der Waals surface area contributed by atoms with Crippen LogP contribution in [-0.4, -0.2) is 32.0 Å². The minimum Gasteiger partial charge on any atom is -0.497 e. The van der Waals surface area contributed by atoms with Gasteiger partial charge in [-0.3, -0.25) is 9.59 Å². The number of rotatable bonds is 10. The third kappa shape index (κ3) is 7.02. The zero-order chi connectivity index (χ0) is 22.1. The molecular formula is C24H31N2O3S. The average Bonchev–Trinajstić information content (AvgIpc) is 2.73. The highest BCUT2D eigenvalue weighted by molar-refractivity contribution is 7.80. The van der Waals surface area contributed by atoms with Crippen molar-refractivity contribution in [1.82, 2.24) is 10.6 Å². The molecule has 2 amide bonds. The highest BCUT2D eigenvalue weighted by Gasteiger charge is 2.26. The number of nitrogens with one attached hydrogen (secondary N) is 2. The molecule has 5 nitrogen and oxygen atoms in total. The fourth-order valence-corrected chi connectivity index (χ4v) is 3.69. The molecule has 2 atom stereocenters. The number of carbonyl (C=O) groups excluding carboxylic acids is 2. The molecule has 0 aliphatic carbocycles. The Kier molecular flexibility index (Phi) is 9.12. The lowest BCUT2D eigenvalue weighted by molar-refractivity contribution is -0.131. The Labute approximate surface area is 185 Å². The van der Waals surface area contributed by atoms with Crippen LogP contribution < -0.4 is 15.4 Å². The van der Waals surface area contributed by atoms with E-state index in [1.165, 1.54) is 0 Å². The van der Waals surface area contributed by atoms with Crippen LogP contribution in [0.15, 0.2) is 53.4 Å². The molecular weight excluding hydrogens is 396 g/mol. The van der Waals surface area contributed by atoms with Crippen LogP contribution in [0.1, 0.15) is 31.4 Å². The number of carbonyl (C=O) groups is 2. The molecule has 0 aliphatic heterocycles. The first-order valence-corrected chi connectivity index (χ1v) is 10.6. The highest BCUT2D eigenvalue weighted by atomic mass is 32.1. The van der Waals surface area contributed by atoms with Gasteiger partial charge in [-0.1, -0.05) is 56.8 Å². The lowest BCUT2D eigenvalue weighted by Crippen LogP contribution is -2.49. The number of hydrogen-bond donors (Lipinski definition) is 2. The van der Waals surface area contributed by atoms with Crippen LogP contribution in [0.2, 0.25) is 0 Å². The van der Waals surface area contributed by atoms with E-state index in [1.54, 1.807) is 14.2 Å². The first-order valence-electron chi connectivity index (χ1n) is 10.2. The van der Waals surface area contributed by atoms with Gasteiger partial charge in [0.05, 0.1) is 7.11 Å². The summed E-state index contributed by atoms with van der Waals surface area (Å²) >= 11 is 5.42. The van der Waals surface area contributed by atoms with Gasteiger partial charge < -0.3 is 15.4 Å². The summed E-state index contributed by atoms with van der Waals surface area (Å²) in [6, 6.07) is 14.5. The fourth-order valence-electron chi connectivity index (χ4n) is 3.46. The summed E-state index contributed by atoms with van der Waals surface area (Å²) in [5, 5.41) is 5.63. The van der Waals surface area contributed by atoms with Crippen molar-refractivity contribution in [2.75, 3.05) is 14.2 Å². The Bertz CT molecular complexity index is 837. The van der Waals surface area contributed by atoms with E-state index in [2.05, 4.69) is 24.5 Å². The van der Waals surface area contributed by atoms with Gasteiger partial charge in [-0.2, -0.15) is 0 Å². The van der Waals surface area contributed by atoms with Crippen molar-refractivity contribution in [3.05, 3.63) is 59.7 Å². The molecule has 0 saturated heterocycles. The Balaban J connectivity index is 2.16. The first-order chi connectivity index (χ1) is 14.3. The molecule has 2 aromatic rings. The molecule has 161 valence electrons. The summed E-state index contributed by atoms with van der Waals surface area (Å²) in [5.74, 6) is 0.504. The van der Waals surface area contributed by atoms with Gasteiger partial charge >= 0.3 is 0 Å². The molecule has 0 aliphatic rings. The molecule has 1 radical (unpaired) electrons. The van der Waals surface area contributed by atoms with Crippen molar-refractivity contribution in [1.29, 1.82) is 0 Å². The number of methoxy groups -OCH3 is 1. The van der Waals surface area contributed by atoms with E-state index in [0.29, 0.717) is 18.8 Å². The van der Waals surface area contributed by atoms with Gasteiger partial charge in [-0.25, -0.2) is 0 Å². The monoisotopic (exact) mass is 427 g/mol. The standard InChI is InChI=1S/C24H31N2O3S/c1-16(2)13-19(15-18-7-5-6-8-22(18)30)23(27)26-21(24(28)25-3)14-17-9-11-20(29-4)12-10-17/h5-12,16,19,21H,13-15H2,1-4H3,(H,25,28)(H,26,27). The molecule has 0 bridgehead atoms. The van der Waals surface area contributed by atoms with Crippen molar-refractivity contribution in [3.8, 4) is 5.75 Å². The number of likely N-dealkylation sites (N-methyl/N-ethyl adjacent to an activating group) is 1. The van der Waals surface area contributed by atoms with E-state index < -0.39 is 6.04 Å². The van der Waals surface area contributed by atoms with E-state index >= 15 is 0 Å².